The van der Waals surface area contributed by atoms with E-state index in [9.17, 15) is 9.59 Å². The summed E-state index contributed by atoms with van der Waals surface area (Å²) in [5.74, 6) is 1.36. The van der Waals surface area contributed by atoms with Crippen molar-refractivity contribution in [1.82, 2.24) is 9.55 Å². The first-order valence-electron chi connectivity index (χ1n) is 11.8. The van der Waals surface area contributed by atoms with Gasteiger partial charge in [0.15, 0.2) is 5.16 Å². The topological polar surface area (TPSA) is 73.2 Å². The van der Waals surface area contributed by atoms with Gasteiger partial charge in [0.2, 0.25) is 5.91 Å². The number of aryl methyl sites for hydroxylation is 1. The molecule has 2 aromatic heterocycles. The van der Waals surface area contributed by atoms with Crippen molar-refractivity contribution in [2.45, 2.75) is 38.3 Å². The number of hydrogen-bond acceptors (Lipinski definition) is 6. The SMILES string of the molecule is CCOc1ccc(-n2c(SCC(=O)Nc3ccccc3)nc3sc4c(c3c2=O)CCC(C)C4)cc1. The number of ether oxygens (including phenoxy) is 1. The van der Waals surface area contributed by atoms with Crippen LogP contribution in [0.2, 0.25) is 0 Å². The number of para-hydroxylation sites is 1. The van der Waals surface area contributed by atoms with Crippen LogP contribution in [0.1, 0.15) is 30.7 Å². The number of benzene rings is 2. The fourth-order valence-electron chi connectivity index (χ4n) is 4.40. The number of carbonyl (C=O) groups excluding carboxylic acids is 1. The van der Waals surface area contributed by atoms with Crippen LogP contribution >= 0.6 is 23.1 Å². The average Bonchev–Trinajstić information content (AvgIpc) is 3.22. The average molecular weight is 506 g/mol. The van der Waals surface area contributed by atoms with Crippen molar-refractivity contribution in [3.63, 3.8) is 0 Å². The number of anilines is 1. The second-order valence-corrected chi connectivity index (χ2v) is 10.7. The molecule has 0 radical (unpaired) electrons. The Kier molecular flexibility index (Phi) is 6.92. The number of nitrogens with one attached hydrogen (secondary N) is 1. The molecular formula is C27H27N3O3S2. The van der Waals surface area contributed by atoms with Gasteiger partial charge in [0.05, 0.1) is 23.4 Å². The molecule has 8 heteroatoms. The van der Waals surface area contributed by atoms with Crippen molar-refractivity contribution in [3.05, 3.63) is 75.4 Å². The summed E-state index contributed by atoms with van der Waals surface area (Å²) < 4.78 is 7.22. The number of carbonyl (C=O) groups is 1. The van der Waals surface area contributed by atoms with Crippen LogP contribution in [0.4, 0.5) is 5.69 Å². The minimum atomic E-state index is -0.145. The summed E-state index contributed by atoms with van der Waals surface area (Å²) >= 11 is 2.90. The molecule has 180 valence electrons. The second-order valence-electron chi connectivity index (χ2n) is 8.70. The van der Waals surface area contributed by atoms with Gasteiger partial charge in [-0.15, -0.1) is 11.3 Å². The Labute approximate surface area is 212 Å². The molecule has 1 N–H and O–H groups in total. The molecule has 2 aromatic carbocycles. The summed E-state index contributed by atoms with van der Waals surface area (Å²) in [5, 5.41) is 4.14. The first-order chi connectivity index (χ1) is 17.0. The molecule has 2 heterocycles. The Balaban J connectivity index is 1.53. The predicted molar refractivity (Wildman–Crippen MR) is 143 cm³/mol. The van der Waals surface area contributed by atoms with E-state index in [0.29, 0.717) is 23.4 Å². The highest BCUT2D eigenvalue weighted by Crippen LogP contribution is 2.37. The molecule has 0 fully saturated rings. The van der Waals surface area contributed by atoms with E-state index in [1.54, 1.807) is 15.9 Å². The fraction of sp³-hybridized carbons (Fsp3) is 0.296. The Morgan fingerprint density at radius 3 is 2.71 bits per heavy atom. The maximum Gasteiger partial charge on any atom is 0.267 e. The molecule has 1 aliphatic rings. The van der Waals surface area contributed by atoms with E-state index >= 15 is 0 Å². The second kappa shape index (κ2) is 10.3. The van der Waals surface area contributed by atoms with Crippen molar-refractivity contribution in [2.24, 2.45) is 5.92 Å². The van der Waals surface area contributed by atoms with Gasteiger partial charge in [-0.2, -0.15) is 0 Å². The highest BCUT2D eigenvalue weighted by molar-refractivity contribution is 7.99. The van der Waals surface area contributed by atoms with Crippen LogP contribution in [0.15, 0.2) is 64.5 Å². The summed E-state index contributed by atoms with van der Waals surface area (Å²) in [4.78, 5) is 33.5. The minimum Gasteiger partial charge on any atom is -0.494 e. The Bertz CT molecular complexity index is 1410. The Morgan fingerprint density at radius 1 is 1.20 bits per heavy atom. The number of aromatic nitrogens is 2. The van der Waals surface area contributed by atoms with E-state index in [2.05, 4.69) is 12.2 Å². The van der Waals surface area contributed by atoms with Crippen LogP contribution in [0.3, 0.4) is 0 Å². The van der Waals surface area contributed by atoms with Gasteiger partial charge in [-0.25, -0.2) is 4.98 Å². The number of hydrogen-bond donors (Lipinski definition) is 1. The summed E-state index contributed by atoms with van der Waals surface area (Å²) in [5.41, 5.74) is 2.53. The monoisotopic (exact) mass is 505 g/mol. The third kappa shape index (κ3) is 4.99. The molecule has 1 amide bonds. The smallest absolute Gasteiger partial charge is 0.267 e. The van der Waals surface area contributed by atoms with Gasteiger partial charge in [-0.1, -0.05) is 36.9 Å². The molecule has 0 saturated carbocycles. The van der Waals surface area contributed by atoms with Gasteiger partial charge in [-0.05, 0) is 74.1 Å². The molecule has 6 nitrogen and oxygen atoms in total. The molecule has 0 aliphatic heterocycles. The van der Waals surface area contributed by atoms with Crippen LogP contribution < -0.4 is 15.6 Å². The Hall–Kier alpha value is -3.10. The van der Waals surface area contributed by atoms with Gasteiger partial charge < -0.3 is 10.1 Å². The third-order valence-electron chi connectivity index (χ3n) is 6.09. The van der Waals surface area contributed by atoms with Crippen molar-refractivity contribution >= 4 is 44.9 Å². The molecule has 5 rings (SSSR count). The highest BCUT2D eigenvalue weighted by Gasteiger charge is 2.25. The van der Waals surface area contributed by atoms with Crippen molar-refractivity contribution in [3.8, 4) is 11.4 Å². The Morgan fingerprint density at radius 2 is 1.97 bits per heavy atom. The lowest BCUT2D eigenvalue weighted by Crippen LogP contribution is -2.23. The van der Waals surface area contributed by atoms with E-state index in [-0.39, 0.29) is 17.2 Å². The van der Waals surface area contributed by atoms with Gasteiger partial charge >= 0.3 is 0 Å². The molecule has 0 bridgehead atoms. The fourth-order valence-corrected chi connectivity index (χ4v) is 6.64. The number of fused-ring (bicyclic) bond motifs is 3. The lowest BCUT2D eigenvalue weighted by Gasteiger charge is -2.18. The number of rotatable bonds is 7. The van der Waals surface area contributed by atoms with Crippen molar-refractivity contribution in [1.29, 1.82) is 0 Å². The molecule has 4 aromatic rings. The maximum absolute atomic E-state index is 13.9. The van der Waals surface area contributed by atoms with Crippen molar-refractivity contribution in [2.75, 3.05) is 17.7 Å². The molecular weight excluding hydrogens is 478 g/mol. The third-order valence-corrected chi connectivity index (χ3v) is 8.18. The molecule has 35 heavy (non-hydrogen) atoms. The normalized spacial score (nSPS) is 15.1. The zero-order valence-corrected chi connectivity index (χ0v) is 21.4. The highest BCUT2D eigenvalue weighted by atomic mass is 32.2. The van der Waals surface area contributed by atoms with Gasteiger partial charge in [-0.3, -0.25) is 14.2 Å². The van der Waals surface area contributed by atoms with Gasteiger partial charge in [0, 0.05) is 10.6 Å². The standard InChI is InChI=1S/C27H27N3O3S2/c1-3-33-20-12-10-19(11-13-20)30-26(32)24-21-14-9-17(2)15-22(21)35-25(24)29-27(30)34-16-23(31)28-18-7-5-4-6-8-18/h4-8,10-13,17H,3,9,14-16H2,1-2H3,(H,28,31). The van der Waals surface area contributed by atoms with Gasteiger partial charge in [0.1, 0.15) is 10.6 Å². The van der Waals surface area contributed by atoms with E-state index in [4.69, 9.17) is 9.72 Å². The lowest BCUT2D eigenvalue weighted by molar-refractivity contribution is -0.113. The van der Waals surface area contributed by atoms with E-state index < -0.39 is 0 Å². The summed E-state index contributed by atoms with van der Waals surface area (Å²) in [7, 11) is 0. The first kappa shape index (κ1) is 23.6. The van der Waals surface area contributed by atoms with Crippen LogP contribution in [0.5, 0.6) is 5.75 Å². The first-order valence-corrected chi connectivity index (χ1v) is 13.6. The molecule has 1 atom stereocenters. The molecule has 0 spiro atoms. The van der Waals surface area contributed by atoms with Crippen LogP contribution in [0.25, 0.3) is 15.9 Å². The molecule has 1 unspecified atom stereocenters. The summed E-state index contributed by atoms with van der Waals surface area (Å²) in [6.07, 6.45) is 2.97. The van der Waals surface area contributed by atoms with E-state index in [1.165, 1.54) is 16.6 Å². The molecule has 1 aliphatic carbocycles. The lowest BCUT2D eigenvalue weighted by atomic mass is 9.89. The maximum atomic E-state index is 13.9. The van der Waals surface area contributed by atoms with Crippen LogP contribution in [-0.2, 0) is 17.6 Å². The quantitative estimate of drug-likeness (QED) is 0.258. The largest absolute Gasteiger partial charge is 0.494 e. The van der Waals surface area contributed by atoms with E-state index in [0.717, 1.165) is 46.5 Å². The summed E-state index contributed by atoms with van der Waals surface area (Å²) in [6, 6.07) is 16.8. The van der Waals surface area contributed by atoms with Gasteiger partial charge in [0.25, 0.3) is 5.56 Å². The van der Waals surface area contributed by atoms with Crippen LogP contribution in [0, 0.1) is 5.92 Å². The zero-order chi connectivity index (χ0) is 24.4. The van der Waals surface area contributed by atoms with E-state index in [1.807, 2.05) is 61.5 Å². The van der Waals surface area contributed by atoms with Crippen LogP contribution in [-0.4, -0.2) is 27.8 Å². The van der Waals surface area contributed by atoms with Crippen molar-refractivity contribution < 1.29 is 9.53 Å². The number of thiophene rings is 1. The summed E-state index contributed by atoms with van der Waals surface area (Å²) in [6.45, 7) is 4.77. The number of nitrogens with zero attached hydrogens (tertiary/aromatic N) is 2. The number of thioether (sulfide) groups is 1. The number of amides is 1. The predicted octanol–water partition coefficient (Wildman–Crippen LogP) is 5.70. The molecule has 0 saturated heterocycles. The zero-order valence-electron chi connectivity index (χ0n) is 19.7. The minimum absolute atomic E-state index is 0.0721.